The van der Waals surface area contributed by atoms with Crippen LogP contribution in [0.3, 0.4) is 0 Å². The molecule has 3 N–H and O–H groups in total. The molecule has 1 saturated heterocycles. The predicted molar refractivity (Wildman–Crippen MR) is 69.6 cm³/mol. The summed E-state index contributed by atoms with van der Waals surface area (Å²) in [7, 11) is 0. The zero-order valence-corrected chi connectivity index (χ0v) is 10.8. The normalized spacial score (nSPS) is 20.4. The van der Waals surface area contributed by atoms with Crippen molar-refractivity contribution in [1.29, 1.82) is 0 Å². The number of nitrogen functional groups attached to an aromatic ring is 1. The Morgan fingerprint density at radius 1 is 1.56 bits per heavy atom. The zero-order valence-electron chi connectivity index (χ0n) is 10.8. The molecule has 6 nitrogen and oxygen atoms in total. The number of hydrogen-bond donors (Lipinski definition) is 2. The third-order valence-electron chi connectivity index (χ3n) is 3.18. The number of aliphatic hydroxyl groups excluding tert-OH is 1. The molecule has 100 valence electrons. The van der Waals surface area contributed by atoms with Gasteiger partial charge in [0.2, 0.25) is 0 Å². The first-order valence-corrected chi connectivity index (χ1v) is 6.20. The first kappa shape index (κ1) is 13.0. The van der Waals surface area contributed by atoms with Gasteiger partial charge in [-0.2, -0.15) is 0 Å². The lowest BCUT2D eigenvalue weighted by Gasteiger charge is -2.36. The van der Waals surface area contributed by atoms with Crippen molar-refractivity contribution >= 4 is 11.6 Å². The highest BCUT2D eigenvalue weighted by atomic mass is 16.5. The lowest BCUT2D eigenvalue weighted by Crippen LogP contribution is -2.48. The maximum Gasteiger partial charge on any atom is 0.138 e. The quantitative estimate of drug-likeness (QED) is 0.809. The van der Waals surface area contributed by atoms with Gasteiger partial charge in [-0.3, -0.25) is 0 Å². The Kier molecular flexibility index (Phi) is 3.98. The van der Waals surface area contributed by atoms with Gasteiger partial charge < -0.3 is 20.5 Å². The number of anilines is 2. The van der Waals surface area contributed by atoms with Crippen molar-refractivity contribution in [2.24, 2.45) is 0 Å². The van der Waals surface area contributed by atoms with Crippen LogP contribution in [0.5, 0.6) is 0 Å². The molecule has 1 aromatic heterocycles. The molecule has 0 spiro atoms. The second-order valence-electron chi connectivity index (χ2n) is 4.76. The Morgan fingerprint density at radius 3 is 3.00 bits per heavy atom. The van der Waals surface area contributed by atoms with E-state index in [1.54, 1.807) is 0 Å². The fraction of sp³-hybridized carbons (Fsp3) is 0.667. The Bertz CT molecular complexity index is 411. The number of hydrogen-bond acceptors (Lipinski definition) is 6. The number of morpholine rings is 1. The molecule has 1 aliphatic heterocycles. The van der Waals surface area contributed by atoms with E-state index in [0.29, 0.717) is 25.6 Å². The molecule has 6 heteroatoms. The van der Waals surface area contributed by atoms with E-state index < -0.39 is 0 Å². The number of nitrogens with two attached hydrogens (primary N) is 1. The van der Waals surface area contributed by atoms with Gasteiger partial charge in [0.25, 0.3) is 0 Å². The van der Waals surface area contributed by atoms with Crippen LogP contribution in [-0.2, 0) is 4.74 Å². The van der Waals surface area contributed by atoms with Gasteiger partial charge in [-0.25, -0.2) is 9.97 Å². The van der Waals surface area contributed by atoms with E-state index in [1.165, 1.54) is 6.33 Å². The van der Waals surface area contributed by atoms with Gasteiger partial charge in [-0.05, 0) is 5.92 Å². The first-order chi connectivity index (χ1) is 8.65. The van der Waals surface area contributed by atoms with E-state index >= 15 is 0 Å². The van der Waals surface area contributed by atoms with Crippen LogP contribution in [0, 0.1) is 0 Å². The minimum absolute atomic E-state index is 0.0431. The monoisotopic (exact) mass is 252 g/mol. The molecule has 18 heavy (non-hydrogen) atoms. The largest absolute Gasteiger partial charge is 0.394 e. The molecular formula is C12H20N4O2. The van der Waals surface area contributed by atoms with Crippen LogP contribution in [-0.4, -0.2) is 47.5 Å². The topological polar surface area (TPSA) is 84.5 Å². The summed E-state index contributed by atoms with van der Waals surface area (Å²) in [5.74, 6) is 1.57. The third-order valence-corrected chi connectivity index (χ3v) is 3.18. The van der Waals surface area contributed by atoms with Crippen molar-refractivity contribution in [1.82, 2.24) is 9.97 Å². The standard InChI is InChI=1S/C12H20N4O2/c1-8(2)10-11(13)14-7-15-12(10)16-3-4-18-6-9(16)5-17/h7-9,17H,3-6H2,1-2H3,(H2,13,14,15). The van der Waals surface area contributed by atoms with Gasteiger partial charge in [-0.15, -0.1) is 0 Å². The molecule has 1 aliphatic rings. The van der Waals surface area contributed by atoms with Crippen molar-refractivity contribution in [2.75, 3.05) is 37.0 Å². The third kappa shape index (κ3) is 2.39. The van der Waals surface area contributed by atoms with Crippen molar-refractivity contribution in [3.05, 3.63) is 11.9 Å². The lowest BCUT2D eigenvalue weighted by molar-refractivity contribution is 0.0721. The Labute approximate surface area is 107 Å². The van der Waals surface area contributed by atoms with E-state index in [-0.39, 0.29) is 18.6 Å². The molecule has 0 radical (unpaired) electrons. The van der Waals surface area contributed by atoms with Gasteiger partial charge >= 0.3 is 0 Å². The van der Waals surface area contributed by atoms with Crippen LogP contribution in [0.2, 0.25) is 0 Å². The lowest BCUT2D eigenvalue weighted by atomic mass is 10.0. The highest BCUT2D eigenvalue weighted by Gasteiger charge is 2.27. The molecule has 1 unspecified atom stereocenters. The molecule has 0 bridgehead atoms. The summed E-state index contributed by atoms with van der Waals surface area (Å²) < 4.78 is 5.38. The minimum Gasteiger partial charge on any atom is -0.394 e. The van der Waals surface area contributed by atoms with Gasteiger partial charge in [0.15, 0.2) is 0 Å². The second-order valence-corrected chi connectivity index (χ2v) is 4.76. The molecule has 0 saturated carbocycles. The van der Waals surface area contributed by atoms with Gasteiger partial charge in [0.1, 0.15) is 18.0 Å². The number of aliphatic hydroxyl groups is 1. The first-order valence-electron chi connectivity index (χ1n) is 6.20. The van der Waals surface area contributed by atoms with Gasteiger partial charge in [0.05, 0.1) is 25.9 Å². The van der Waals surface area contributed by atoms with Crippen molar-refractivity contribution in [2.45, 2.75) is 25.8 Å². The van der Waals surface area contributed by atoms with Crippen LogP contribution < -0.4 is 10.6 Å². The molecule has 2 rings (SSSR count). The number of nitrogens with zero attached hydrogens (tertiary/aromatic N) is 3. The molecule has 0 amide bonds. The molecule has 1 aromatic rings. The molecule has 1 atom stereocenters. The Hall–Kier alpha value is -1.40. The maximum atomic E-state index is 9.43. The van der Waals surface area contributed by atoms with E-state index in [1.807, 2.05) is 0 Å². The van der Waals surface area contributed by atoms with Crippen molar-refractivity contribution in [3.8, 4) is 0 Å². The van der Waals surface area contributed by atoms with Crippen LogP contribution in [0.4, 0.5) is 11.6 Å². The zero-order chi connectivity index (χ0) is 13.1. The summed E-state index contributed by atoms with van der Waals surface area (Å²) in [6, 6.07) is -0.0643. The Balaban J connectivity index is 2.39. The van der Waals surface area contributed by atoms with Crippen LogP contribution in [0.15, 0.2) is 6.33 Å². The summed E-state index contributed by atoms with van der Waals surface area (Å²) >= 11 is 0. The summed E-state index contributed by atoms with van der Waals surface area (Å²) in [4.78, 5) is 10.5. The summed E-state index contributed by atoms with van der Waals surface area (Å²) in [5.41, 5.74) is 6.89. The van der Waals surface area contributed by atoms with Crippen LogP contribution >= 0.6 is 0 Å². The van der Waals surface area contributed by atoms with Crippen LogP contribution in [0.1, 0.15) is 25.3 Å². The van der Waals surface area contributed by atoms with Gasteiger partial charge in [-0.1, -0.05) is 13.8 Å². The number of rotatable bonds is 3. The average Bonchev–Trinajstić information content (AvgIpc) is 2.38. The fourth-order valence-electron chi connectivity index (χ4n) is 2.27. The predicted octanol–water partition coefficient (Wildman–Crippen LogP) is 0.380. The highest BCUT2D eigenvalue weighted by Crippen LogP contribution is 2.30. The van der Waals surface area contributed by atoms with E-state index in [4.69, 9.17) is 10.5 Å². The van der Waals surface area contributed by atoms with Crippen molar-refractivity contribution < 1.29 is 9.84 Å². The minimum atomic E-state index is -0.0643. The molecular weight excluding hydrogens is 232 g/mol. The maximum absolute atomic E-state index is 9.43. The van der Waals surface area contributed by atoms with Crippen molar-refractivity contribution in [3.63, 3.8) is 0 Å². The molecule has 2 heterocycles. The average molecular weight is 252 g/mol. The van der Waals surface area contributed by atoms with Crippen LogP contribution in [0.25, 0.3) is 0 Å². The summed E-state index contributed by atoms with van der Waals surface area (Å²) in [6.07, 6.45) is 1.47. The fourth-order valence-corrected chi connectivity index (χ4v) is 2.27. The molecule has 1 fully saturated rings. The van der Waals surface area contributed by atoms with E-state index in [0.717, 1.165) is 11.4 Å². The SMILES string of the molecule is CC(C)c1c(N)ncnc1N1CCOCC1CO. The molecule has 0 aromatic carbocycles. The summed E-state index contributed by atoms with van der Waals surface area (Å²) in [6.45, 7) is 6.03. The second kappa shape index (κ2) is 5.49. The van der Waals surface area contributed by atoms with Gasteiger partial charge in [0, 0.05) is 12.1 Å². The summed E-state index contributed by atoms with van der Waals surface area (Å²) in [5, 5.41) is 9.43. The highest BCUT2D eigenvalue weighted by molar-refractivity contribution is 5.59. The Morgan fingerprint density at radius 2 is 2.33 bits per heavy atom. The van der Waals surface area contributed by atoms with E-state index in [9.17, 15) is 5.11 Å². The van der Waals surface area contributed by atoms with E-state index in [2.05, 4.69) is 28.7 Å². The number of aromatic nitrogens is 2. The smallest absolute Gasteiger partial charge is 0.138 e. The number of ether oxygens (including phenoxy) is 1. The molecule has 0 aliphatic carbocycles.